The predicted molar refractivity (Wildman–Crippen MR) is 122 cm³/mol. The summed E-state index contributed by atoms with van der Waals surface area (Å²) in [4.78, 5) is 4.63. The summed E-state index contributed by atoms with van der Waals surface area (Å²) in [5.41, 5.74) is -0.424. The number of allylic oxidation sites excluding steroid dienone is 2. The van der Waals surface area contributed by atoms with Gasteiger partial charge in [0.1, 0.15) is 11.6 Å². The fourth-order valence-corrected chi connectivity index (χ4v) is 3.97. The molecule has 1 aliphatic rings. The van der Waals surface area contributed by atoms with Gasteiger partial charge in [-0.1, -0.05) is 83.8 Å². The molecule has 28 heavy (non-hydrogen) atoms. The summed E-state index contributed by atoms with van der Waals surface area (Å²) in [6.45, 7) is 6.44. The molecule has 0 aromatic heterocycles. The minimum Gasteiger partial charge on any atom is -0.475 e. The third-order valence-electron chi connectivity index (χ3n) is 5.95. The van der Waals surface area contributed by atoms with Crippen molar-refractivity contribution >= 4 is 5.90 Å². The van der Waals surface area contributed by atoms with Crippen LogP contribution in [0.5, 0.6) is 0 Å². The maximum Gasteiger partial charge on any atom is 0.184 e. The van der Waals surface area contributed by atoms with E-state index in [9.17, 15) is 5.11 Å². The molecule has 0 amide bonds. The van der Waals surface area contributed by atoms with Crippen LogP contribution in [-0.4, -0.2) is 29.3 Å². The first-order valence-corrected chi connectivity index (χ1v) is 12.2. The molecule has 3 heteroatoms. The van der Waals surface area contributed by atoms with Gasteiger partial charge in [0, 0.05) is 6.42 Å². The predicted octanol–water partition coefficient (Wildman–Crippen LogP) is 7.37. The zero-order valence-corrected chi connectivity index (χ0v) is 19.1. The Labute approximate surface area is 175 Å². The SMILES string of the molecule is CCCCCCCCC=CCCCCCCCCC1=NC(C)(CO)C(CC)O1. The van der Waals surface area contributed by atoms with E-state index in [1.54, 1.807) is 0 Å². The van der Waals surface area contributed by atoms with E-state index in [0.717, 1.165) is 25.2 Å². The first kappa shape index (κ1) is 25.2. The lowest BCUT2D eigenvalue weighted by Gasteiger charge is -2.23. The minimum absolute atomic E-state index is 0.0432. The van der Waals surface area contributed by atoms with E-state index in [1.165, 1.54) is 83.5 Å². The monoisotopic (exact) mass is 393 g/mol. The molecule has 164 valence electrons. The maximum atomic E-state index is 9.57. The summed E-state index contributed by atoms with van der Waals surface area (Å²) in [6, 6.07) is 0. The van der Waals surface area contributed by atoms with E-state index in [2.05, 4.69) is 31.0 Å². The van der Waals surface area contributed by atoms with Crippen molar-refractivity contribution in [1.29, 1.82) is 0 Å². The molecule has 0 spiro atoms. The molecule has 0 radical (unpaired) electrons. The Morgan fingerprint density at radius 2 is 1.39 bits per heavy atom. The van der Waals surface area contributed by atoms with Crippen LogP contribution in [0.15, 0.2) is 17.1 Å². The number of aliphatic hydroxyl groups is 1. The number of aliphatic imine (C=N–C) groups is 1. The van der Waals surface area contributed by atoms with Gasteiger partial charge in [-0.2, -0.15) is 0 Å². The molecule has 0 fully saturated rings. The van der Waals surface area contributed by atoms with Gasteiger partial charge in [0.15, 0.2) is 5.90 Å². The van der Waals surface area contributed by atoms with Gasteiger partial charge in [0.05, 0.1) is 6.61 Å². The van der Waals surface area contributed by atoms with Crippen molar-refractivity contribution in [3.8, 4) is 0 Å². The molecule has 0 saturated heterocycles. The first-order chi connectivity index (χ1) is 13.7. The fraction of sp³-hybridized carbons (Fsp3) is 0.880. The zero-order chi connectivity index (χ0) is 20.5. The van der Waals surface area contributed by atoms with Crippen LogP contribution in [-0.2, 0) is 4.74 Å². The van der Waals surface area contributed by atoms with Crippen LogP contribution < -0.4 is 0 Å². The molecular formula is C25H47NO2. The lowest BCUT2D eigenvalue weighted by Crippen LogP contribution is -2.38. The summed E-state index contributed by atoms with van der Waals surface area (Å²) in [6.07, 6.45) is 25.2. The number of aliphatic hydroxyl groups excluding tert-OH is 1. The second kappa shape index (κ2) is 16.0. The lowest BCUT2D eigenvalue weighted by atomic mass is 9.95. The molecule has 0 aromatic carbocycles. The zero-order valence-electron chi connectivity index (χ0n) is 19.1. The van der Waals surface area contributed by atoms with Crippen LogP contribution in [0.1, 0.15) is 124 Å². The van der Waals surface area contributed by atoms with Gasteiger partial charge in [0.2, 0.25) is 0 Å². The summed E-state index contributed by atoms with van der Waals surface area (Å²) < 4.78 is 5.92. The highest BCUT2D eigenvalue weighted by atomic mass is 16.5. The van der Waals surface area contributed by atoms with Crippen LogP contribution in [0.25, 0.3) is 0 Å². The average Bonchev–Trinajstić information content (AvgIpc) is 3.04. The van der Waals surface area contributed by atoms with Crippen LogP contribution in [0.2, 0.25) is 0 Å². The number of nitrogens with zero attached hydrogens (tertiary/aromatic N) is 1. The maximum absolute atomic E-state index is 9.57. The van der Waals surface area contributed by atoms with Crippen molar-refractivity contribution in [3.05, 3.63) is 12.2 Å². The number of ether oxygens (including phenoxy) is 1. The second-order valence-corrected chi connectivity index (χ2v) is 8.72. The number of rotatable bonds is 18. The molecule has 0 saturated carbocycles. The van der Waals surface area contributed by atoms with E-state index < -0.39 is 5.54 Å². The highest BCUT2D eigenvalue weighted by Gasteiger charge is 2.40. The Morgan fingerprint density at radius 3 is 1.89 bits per heavy atom. The molecule has 3 nitrogen and oxygen atoms in total. The molecule has 0 bridgehead atoms. The van der Waals surface area contributed by atoms with Crippen LogP contribution in [0.3, 0.4) is 0 Å². The molecule has 1 heterocycles. The molecule has 1 N–H and O–H groups in total. The Hall–Kier alpha value is -0.830. The topological polar surface area (TPSA) is 41.8 Å². The van der Waals surface area contributed by atoms with Gasteiger partial charge in [0.25, 0.3) is 0 Å². The van der Waals surface area contributed by atoms with Crippen molar-refractivity contribution in [2.24, 2.45) is 4.99 Å². The number of hydrogen-bond acceptors (Lipinski definition) is 3. The molecule has 1 aliphatic heterocycles. The summed E-state index contributed by atoms with van der Waals surface area (Å²) >= 11 is 0. The average molecular weight is 394 g/mol. The smallest absolute Gasteiger partial charge is 0.184 e. The molecule has 2 unspecified atom stereocenters. The normalized spacial score (nSPS) is 22.0. The molecule has 0 aliphatic carbocycles. The van der Waals surface area contributed by atoms with Crippen molar-refractivity contribution in [2.45, 2.75) is 135 Å². The second-order valence-electron chi connectivity index (χ2n) is 8.72. The van der Waals surface area contributed by atoms with Crippen LogP contribution in [0, 0.1) is 0 Å². The third kappa shape index (κ3) is 10.6. The van der Waals surface area contributed by atoms with Crippen molar-refractivity contribution < 1.29 is 9.84 Å². The van der Waals surface area contributed by atoms with Gasteiger partial charge in [-0.3, -0.25) is 0 Å². The van der Waals surface area contributed by atoms with Crippen molar-refractivity contribution in [1.82, 2.24) is 0 Å². The number of hydrogen-bond donors (Lipinski definition) is 1. The largest absolute Gasteiger partial charge is 0.475 e. The highest BCUT2D eigenvalue weighted by molar-refractivity contribution is 5.78. The van der Waals surface area contributed by atoms with E-state index in [0.29, 0.717) is 0 Å². The number of unbranched alkanes of at least 4 members (excludes halogenated alkanes) is 12. The Bertz CT molecular complexity index is 432. The van der Waals surface area contributed by atoms with E-state index in [4.69, 9.17) is 4.74 Å². The van der Waals surface area contributed by atoms with Gasteiger partial charge in [-0.05, 0) is 45.4 Å². The molecule has 0 aromatic rings. The third-order valence-corrected chi connectivity index (χ3v) is 5.95. The Kier molecular flexibility index (Phi) is 14.4. The van der Waals surface area contributed by atoms with E-state index in [-0.39, 0.29) is 12.7 Å². The van der Waals surface area contributed by atoms with E-state index >= 15 is 0 Å². The molecular weight excluding hydrogens is 346 g/mol. The van der Waals surface area contributed by atoms with Crippen molar-refractivity contribution in [2.75, 3.05) is 6.61 Å². The summed E-state index contributed by atoms with van der Waals surface area (Å²) in [5.74, 6) is 0.860. The Morgan fingerprint density at radius 1 is 0.857 bits per heavy atom. The molecule has 2 atom stereocenters. The lowest BCUT2D eigenvalue weighted by molar-refractivity contribution is 0.0910. The van der Waals surface area contributed by atoms with Crippen LogP contribution in [0.4, 0.5) is 0 Å². The van der Waals surface area contributed by atoms with Gasteiger partial charge < -0.3 is 9.84 Å². The van der Waals surface area contributed by atoms with Gasteiger partial charge >= 0.3 is 0 Å². The van der Waals surface area contributed by atoms with Gasteiger partial charge in [-0.15, -0.1) is 0 Å². The van der Waals surface area contributed by atoms with E-state index in [1.807, 2.05) is 6.92 Å². The van der Waals surface area contributed by atoms with Gasteiger partial charge in [-0.25, -0.2) is 4.99 Å². The first-order valence-electron chi connectivity index (χ1n) is 12.2. The standard InChI is InChI=1S/C25H47NO2/c1-4-6-7-8-9-10-11-12-13-14-15-16-17-18-19-20-21-24-26-25(3,22-27)23(5-2)28-24/h12-13,23,27H,4-11,14-22H2,1-3H3. The summed E-state index contributed by atoms with van der Waals surface area (Å²) in [5, 5.41) is 9.57. The Balaban J connectivity index is 1.89. The molecule has 1 rings (SSSR count). The minimum atomic E-state index is -0.424. The summed E-state index contributed by atoms with van der Waals surface area (Å²) in [7, 11) is 0. The highest BCUT2D eigenvalue weighted by Crippen LogP contribution is 2.29. The van der Waals surface area contributed by atoms with Crippen molar-refractivity contribution in [3.63, 3.8) is 0 Å². The van der Waals surface area contributed by atoms with Crippen LogP contribution >= 0.6 is 0 Å². The quantitative estimate of drug-likeness (QED) is 0.195. The fourth-order valence-electron chi connectivity index (χ4n) is 3.97.